The summed E-state index contributed by atoms with van der Waals surface area (Å²) >= 11 is 1.28. The van der Waals surface area contributed by atoms with Crippen LogP contribution in [0.1, 0.15) is 13.0 Å². The van der Waals surface area contributed by atoms with Gasteiger partial charge in [-0.15, -0.1) is 11.3 Å². The van der Waals surface area contributed by atoms with E-state index in [1.54, 1.807) is 29.6 Å². The number of hydrogen-bond acceptors (Lipinski definition) is 9. The number of aromatic amines is 1. The normalized spacial score (nSPS) is 20.9. The van der Waals surface area contributed by atoms with Crippen LogP contribution in [-0.4, -0.2) is 59.0 Å². The highest BCUT2D eigenvalue weighted by Crippen LogP contribution is 2.59. The van der Waals surface area contributed by atoms with Gasteiger partial charge in [-0.25, -0.2) is 33.5 Å². The number of aromatic nitrogens is 7. The van der Waals surface area contributed by atoms with E-state index in [1.807, 2.05) is 0 Å². The number of carbonyl (C=O) groups is 1. The van der Waals surface area contributed by atoms with E-state index in [0.29, 0.717) is 22.3 Å². The van der Waals surface area contributed by atoms with Gasteiger partial charge < -0.3 is 14.8 Å². The zero-order chi connectivity index (χ0) is 25.4. The van der Waals surface area contributed by atoms with Crippen molar-refractivity contribution in [3.8, 4) is 10.6 Å². The third-order valence-electron chi connectivity index (χ3n) is 6.75. The van der Waals surface area contributed by atoms with Crippen molar-refractivity contribution >= 4 is 40.2 Å². The summed E-state index contributed by atoms with van der Waals surface area (Å²) in [6.45, 7) is 2.09. The largest absolute Gasteiger partial charge is 0.340 e. The third kappa shape index (κ3) is 3.41. The standard InChI is InChI=1S/C21H19F2N9O3S/c1-9(32-8-26-15-14(32)17(34)29-20(35)30(15)2)16(33)27-13-7-36-18(28-13)10-3-24-19(25-4-10)31-5-11-12(6-31)21(11,22)23/h3-4,7-9,11-12H,5-6H2,1-2H3,(H,27,33)(H,29,34,35)/t9-,11?,12?/m0/s1. The van der Waals surface area contributed by atoms with Crippen LogP contribution in [0.3, 0.4) is 0 Å². The molecule has 1 aliphatic heterocycles. The number of carbonyl (C=O) groups excluding carboxylic acids is 1. The highest BCUT2D eigenvalue weighted by Gasteiger charge is 2.72. The van der Waals surface area contributed by atoms with Crippen LogP contribution in [0, 0.1) is 11.8 Å². The van der Waals surface area contributed by atoms with E-state index in [9.17, 15) is 23.2 Å². The van der Waals surface area contributed by atoms with Gasteiger partial charge in [0.2, 0.25) is 11.9 Å². The fourth-order valence-corrected chi connectivity index (χ4v) is 5.26. The monoisotopic (exact) mass is 515 g/mol. The molecule has 0 aromatic carbocycles. The zero-order valence-corrected chi connectivity index (χ0v) is 19.8. The van der Waals surface area contributed by atoms with Crippen molar-refractivity contribution in [1.29, 1.82) is 0 Å². The lowest BCUT2D eigenvalue weighted by molar-refractivity contribution is -0.118. The number of hydrogen-bond donors (Lipinski definition) is 2. The Morgan fingerprint density at radius 1 is 1.22 bits per heavy atom. The van der Waals surface area contributed by atoms with E-state index in [1.165, 1.54) is 33.8 Å². The number of amides is 1. The lowest BCUT2D eigenvalue weighted by Gasteiger charge is -2.19. The van der Waals surface area contributed by atoms with Gasteiger partial charge in [0.25, 0.3) is 11.5 Å². The summed E-state index contributed by atoms with van der Waals surface area (Å²) in [4.78, 5) is 58.1. The summed E-state index contributed by atoms with van der Waals surface area (Å²) in [5.74, 6) is -3.51. The summed E-state index contributed by atoms with van der Waals surface area (Å²) < 4.78 is 29.4. The summed E-state index contributed by atoms with van der Waals surface area (Å²) in [7, 11) is 1.47. The molecular formula is C21H19F2N9O3S. The molecule has 2 unspecified atom stereocenters. The van der Waals surface area contributed by atoms with Crippen LogP contribution in [-0.2, 0) is 11.8 Å². The van der Waals surface area contributed by atoms with Crippen molar-refractivity contribution in [3.63, 3.8) is 0 Å². The molecule has 6 rings (SSSR count). The molecule has 1 amide bonds. The minimum atomic E-state index is -2.56. The fourth-order valence-electron chi connectivity index (χ4n) is 4.53. The molecule has 4 aromatic heterocycles. The van der Waals surface area contributed by atoms with E-state index in [4.69, 9.17) is 0 Å². The average molecular weight is 516 g/mol. The van der Waals surface area contributed by atoms with Crippen LogP contribution >= 0.6 is 11.3 Å². The first-order chi connectivity index (χ1) is 17.1. The Morgan fingerprint density at radius 2 is 1.92 bits per heavy atom. The van der Waals surface area contributed by atoms with Crippen LogP contribution in [0.2, 0.25) is 0 Å². The van der Waals surface area contributed by atoms with Crippen molar-refractivity contribution < 1.29 is 13.6 Å². The second-order valence-corrected chi connectivity index (χ2v) is 9.77. The van der Waals surface area contributed by atoms with Gasteiger partial charge in [-0.2, -0.15) is 0 Å². The van der Waals surface area contributed by atoms with E-state index in [2.05, 4.69) is 30.2 Å². The first-order valence-electron chi connectivity index (χ1n) is 11.0. The van der Waals surface area contributed by atoms with Crippen molar-refractivity contribution in [3.05, 3.63) is 44.9 Å². The molecule has 12 nitrogen and oxygen atoms in total. The number of thiazole rings is 1. The van der Waals surface area contributed by atoms with Crippen LogP contribution < -0.4 is 21.5 Å². The summed E-state index contributed by atoms with van der Waals surface area (Å²) in [6, 6.07) is -0.819. The number of piperidine rings is 1. The second kappa shape index (κ2) is 7.74. The summed E-state index contributed by atoms with van der Waals surface area (Å²) in [5, 5.41) is 4.94. The van der Waals surface area contributed by atoms with Gasteiger partial charge in [0.1, 0.15) is 16.9 Å². The molecule has 3 atom stereocenters. The van der Waals surface area contributed by atoms with Crippen LogP contribution in [0.4, 0.5) is 20.5 Å². The van der Waals surface area contributed by atoms with Crippen molar-refractivity contribution in [2.75, 3.05) is 23.3 Å². The van der Waals surface area contributed by atoms with Gasteiger partial charge >= 0.3 is 5.69 Å². The number of alkyl halides is 2. The lowest BCUT2D eigenvalue weighted by Crippen LogP contribution is -2.31. The number of nitrogens with one attached hydrogen (secondary N) is 2. The van der Waals surface area contributed by atoms with Gasteiger partial charge in [0, 0.05) is 43.5 Å². The molecule has 186 valence electrons. The smallest absolute Gasteiger partial charge is 0.329 e. The predicted octanol–water partition coefficient (Wildman–Crippen LogP) is 1.24. The SMILES string of the molecule is C[C@@H](C(=O)Nc1csc(-c2cnc(N3CC4C(C3)C4(F)F)nc2)n1)n1cnc2c1c(=O)[nH]c(=O)n2C. The molecule has 0 spiro atoms. The van der Waals surface area contributed by atoms with Crippen molar-refractivity contribution in [2.45, 2.75) is 18.9 Å². The van der Waals surface area contributed by atoms with Crippen molar-refractivity contribution in [2.24, 2.45) is 18.9 Å². The minimum absolute atomic E-state index is 0.106. The quantitative estimate of drug-likeness (QED) is 0.404. The van der Waals surface area contributed by atoms with E-state index in [-0.39, 0.29) is 24.3 Å². The highest BCUT2D eigenvalue weighted by atomic mass is 32.1. The van der Waals surface area contributed by atoms with E-state index in [0.717, 1.165) is 0 Å². The molecule has 2 fully saturated rings. The second-order valence-electron chi connectivity index (χ2n) is 8.91. The maximum atomic E-state index is 13.4. The van der Waals surface area contributed by atoms with Crippen LogP contribution in [0.25, 0.3) is 21.7 Å². The minimum Gasteiger partial charge on any atom is -0.340 e. The maximum absolute atomic E-state index is 13.4. The number of imidazole rings is 1. The maximum Gasteiger partial charge on any atom is 0.329 e. The molecule has 0 bridgehead atoms. The van der Waals surface area contributed by atoms with Gasteiger partial charge in [-0.1, -0.05) is 0 Å². The molecule has 1 saturated heterocycles. The Balaban J connectivity index is 1.15. The molecule has 15 heteroatoms. The highest BCUT2D eigenvalue weighted by molar-refractivity contribution is 7.13. The molecule has 0 radical (unpaired) electrons. The molecule has 1 aliphatic carbocycles. The summed E-state index contributed by atoms with van der Waals surface area (Å²) in [6.07, 6.45) is 4.48. The Morgan fingerprint density at radius 3 is 2.61 bits per heavy atom. The molecule has 2 aliphatic rings. The van der Waals surface area contributed by atoms with Gasteiger partial charge in [-0.05, 0) is 6.92 Å². The molecule has 2 N–H and O–H groups in total. The number of halogens is 2. The number of aryl methyl sites for hydroxylation is 1. The molecule has 5 heterocycles. The average Bonchev–Trinajstić information content (AvgIpc) is 3.43. The van der Waals surface area contributed by atoms with Crippen molar-refractivity contribution in [1.82, 2.24) is 34.1 Å². The summed E-state index contributed by atoms with van der Waals surface area (Å²) in [5.41, 5.74) is -0.331. The van der Waals surface area contributed by atoms with Gasteiger partial charge in [0.15, 0.2) is 11.2 Å². The van der Waals surface area contributed by atoms with Gasteiger partial charge in [-0.3, -0.25) is 19.1 Å². The molecule has 1 saturated carbocycles. The number of nitrogens with zero attached hydrogens (tertiary/aromatic N) is 7. The predicted molar refractivity (Wildman–Crippen MR) is 126 cm³/mol. The Hall–Kier alpha value is -4.01. The van der Waals surface area contributed by atoms with E-state index < -0.39 is 41.0 Å². The molecule has 36 heavy (non-hydrogen) atoms. The number of H-pyrrole nitrogens is 1. The van der Waals surface area contributed by atoms with Crippen LogP contribution in [0.15, 0.2) is 33.7 Å². The zero-order valence-electron chi connectivity index (χ0n) is 19.0. The van der Waals surface area contributed by atoms with E-state index >= 15 is 0 Å². The first kappa shape index (κ1) is 22.5. The molecule has 4 aromatic rings. The number of rotatable bonds is 5. The Kier molecular flexibility index (Phi) is 4.83. The molecular weight excluding hydrogens is 496 g/mol. The topological polar surface area (TPSA) is 144 Å². The number of fused-ring (bicyclic) bond motifs is 2. The number of anilines is 2. The first-order valence-corrected chi connectivity index (χ1v) is 11.9. The van der Waals surface area contributed by atoms with Gasteiger partial charge in [0.05, 0.1) is 18.2 Å². The van der Waals surface area contributed by atoms with Crippen LogP contribution in [0.5, 0.6) is 0 Å². The lowest BCUT2D eigenvalue weighted by atomic mass is 10.3. The Bertz CT molecular complexity index is 1610. The third-order valence-corrected chi connectivity index (χ3v) is 7.64. The fraction of sp³-hybridized carbons (Fsp3) is 0.381. The Labute approximate surface area is 204 Å².